The van der Waals surface area contributed by atoms with Gasteiger partial charge in [-0.15, -0.1) is 0 Å². The van der Waals surface area contributed by atoms with Crippen molar-refractivity contribution in [2.24, 2.45) is 5.73 Å². The maximum atomic E-state index is 9.69. The highest BCUT2D eigenvalue weighted by Gasteiger charge is 2.26. The van der Waals surface area contributed by atoms with E-state index < -0.39 is 11.8 Å². The lowest BCUT2D eigenvalue weighted by atomic mass is 10.00. The molecule has 0 heterocycles. The highest BCUT2D eigenvalue weighted by Crippen LogP contribution is 2.14. The molecule has 0 bridgehead atoms. The van der Waals surface area contributed by atoms with Crippen molar-refractivity contribution in [2.45, 2.75) is 38.7 Å². The van der Waals surface area contributed by atoms with Gasteiger partial charge in [-0.25, -0.2) is 0 Å². The molecule has 3 N–H and O–H groups in total. The van der Waals surface area contributed by atoms with Crippen LogP contribution in [0.25, 0.3) is 0 Å². The molecule has 0 aliphatic carbocycles. The number of aliphatic hydroxyl groups is 1. The van der Waals surface area contributed by atoms with Crippen molar-refractivity contribution in [3.63, 3.8) is 0 Å². The van der Waals surface area contributed by atoms with Crippen molar-refractivity contribution in [2.75, 3.05) is 0 Å². The molecule has 0 amide bonds. The van der Waals surface area contributed by atoms with Crippen molar-refractivity contribution in [3.8, 4) is 0 Å². The monoisotopic (exact) mass is 209 g/mol. The maximum Gasteiger partial charge on any atom is 0.172 e. The minimum absolute atomic E-state index is 0.384. The van der Waals surface area contributed by atoms with Crippen LogP contribution in [0.5, 0.6) is 0 Å². The van der Waals surface area contributed by atoms with E-state index >= 15 is 0 Å². The molecular weight excluding hydrogens is 190 g/mol. The third-order valence-corrected chi connectivity index (χ3v) is 2.58. The van der Waals surface area contributed by atoms with Gasteiger partial charge in [0, 0.05) is 0 Å². The second kappa shape index (κ2) is 5.26. The molecule has 1 aromatic rings. The number of hydrogen-bond donors (Lipinski definition) is 2. The molecule has 1 aromatic carbocycles. The van der Waals surface area contributed by atoms with Crippen LogP contribution in [0.1, 0.15) is 25.8 Å². The zero-order chi connectivity index (χ0) is 11.3. The minimum Gasteiger partial charge on any atom is -0.366 e. The van der Waals surface area contributed by atoms with Crippen molar-refractivity contribution in [1.29, 1.82) is 0 Å². The lowest BCUT2D eigenvalue weighted by Gasteiger charge is -2.28. The van der Waals surface area contributed by atoms with E-state index in [1.54, 1.807) is 6.92 Å². The van der Waals surface area contributed by atoms with Crippen LogP contribution in [0.15, 0.2) is 30.3 Å². The molecule has 0 aliphatic heterocycles. The highest BCUT2D eigenvalue weighted by molar-refractivity contribution is 5.13. The fourth-order valence-electron chi connectivity index (χ4n) is 1.11. The van der Waals surface area contributed by atoms with Crippen LogP contribution in [0, 0.1) is 0 Å². The second-order valence-electron chi connectivity index (χ2n) is 4.01. The average molecular weight is 209 g/mol. The Bertz CT molecular complexity index is 285. The molecule has 1 rings (SSSR count). The predicted octanol–water partition coefficient (Wildman–Crippen LogP) is 1.65. The summed E-state index contributed by atoms with van der Waals surface area (Å²) in [5, 5.41) is 9.69. The first kappa shape index (κ1) is 12.2. The molecule has 0 spiro atoms. The molecular formula is C12H19NO2. The van der Waals surface area contributed by atoms with Gasteiger partial charge in [0.1, 0.15) is 0 Å². The number of aliphatic hydroxyl groups excluding tert-OH is 1. The number of nitrogens with two attached hydrogens (primary N) is 1. The standard InChI is InChI=1S/C12H19NO2/c1-3-12(2,13)11(14)15-9-10-7-5-4-6-8-10/h4-8,11,14H,3,9,13H2,1-2H3. The van der Waals surface area contributed by atoms with Gasteiger partial charge in [0.25, 0.3) is 0 Å². The van der Waals surface area contributed by atoms with Crippen LogP contribution < -0.4 is 5.73 Å². The molecule has 0 fully saturated rings. The molecule has 0 saturated heterocycles. The van der Waals surface area contributed by atoms with E-state index in [0.717, 1.165) is 5.56 Å². The van der Waals surface area contributed by atoms with E-state index in [0.29, 0.717) is 13.0 Å². The molecule has 2 unspecified atom stereocenters. The van der Waals surface area contributed by atoms with Gasteiger partial charge < -0.3 is 15.6 Å². The van der Waals surface area contributed by atoms with Crippen molar-refractivity contribution >= 4 is 0 Å². The quantitative estimate of drug-likeness (QED) is 0.725. The summed E-state index contributed by atoms with van der Waals surface area (Å²) in [5.41, 5.74) is 6.19. The summed E-state index contributed by atoms with van der Waals surface area (Å²) in [5.74, 6) is 0. The lowest BCUT2D eigenvalue weighted by Crippen LogP contribution is -2.48. The molecule has 3 nitrogen and oxygen atoms in total. The predicted molar refractivity (Wildman–Crippen MR) is 60.1 cm³/mol. The topological polar surface area (TPSA) is 55.5 Å². The highest BCUT2D eigenvalue weighted by atomic mass is 16.6. The molecule has 3 heteroatoms. The van der Waals surface area contributed by atoms with Gasteiger partial charge in [-0.3, -0.25) is 0 Å². The summed E-state index contributed by atoms with van der Waals surface area (Å²) < 4.78 is 5.31. The van der Waals surface area contributed by atoms with Gasteiger partial charge in [0.2, 0.25) is 0 Å². The Labute approximate surface area is 90.9 Å². The largest absolute Gasteiger partial charge is 0.366 e. The molecule has 0 aromatic heterocycles. The average Bonchev–Trinajstić information content (AvgIpc) is 2.27. The van der Waals surface area contributed by atoms with E-state index in [1.165, 1.54) is 0 Å². The van der Waals surface area contributed by atoms with Gasteiger partial charge in [-0.05, 0) is 18.9 Å². The Balaban J connectivity index is 2.44. The van der Waals surface area contributed by atoms with Crippen LogP contribution in [-0.2, 0) is 11.3 Å². The first-order chi connectivity index (χ1) is 7.06. The molecule has 2 atom stereocenters. The summed E-state index contributed by atoms with van der Waals surface area (Å²) in [6.45, 7) is 4.09. The van der Waals surface area contributed by atoms with Crippen LogP contribution in [0.2, 0.25) is 0 Å². The van der Waals surface area contributed by atoms with Crippen LogP contribution >= 0.6 is 0 Å². The summed E-state index contributed by atoms with van der Waals surface area (Å²) >= 11 is 0. The third kappa shape index (κ3) is 3.63. The van der Waals surface area contributed by atoms with Crippen LogP contribution in [0.4, 0.5) is 0 Å². The van der Waals surface area contributed by atoms with Gasteiger partial charge in [-0.1, -0.05) is 37.3 Å². The normalized spacial score (nSPS) is 17.1. The first-order valence-corrected chi connectivity index (χ1v) is 5.18. The summed E-state index contributed by atoms with van der Waals surface area (Å²) in [6.07, 6.45) is -0.258. The van der Waals surface area contributed by atoms with Crippen molar-refractivity contribution in [1.82, 2.24) is 0 Å². The first-order valence-electron chi connectivity index (χ1n) is 5.18. The van der Waals surface area contributed by atoms with Crippen LogP contribution in [-0.4, -0.2) is 16.9 Å². The fourth-order valence-corrected chi connectivity index (χ4v) is 1.11. The summed E-state index contributed by atoms with van der Waals surface area (Å²) in [7, 11) is 0. The van der Waals surface area contributed by atoms with Gasteiger partial charge in [0.15, 0.2) is 6.29 Å². The Morgan fingerprint density at radius 1 is 1.40 bits per heavy atom. The second-order valence-corrected chi connectivity index (χ2v) is 4.01. The Morgan fingerprint density at radius 2 is 2.00 bits per heavy atom. The zero-order valence-corrected chi connectivity index (χ0v) is 9.31. The number of benzene rings is 1. The molecule has 0 radical (unpaired) electrons. The van der Waals surface area contributed by atoms with Crippen molar-refractivity contribution in [3.05, 3.63) is 35.9 Å². The van der Waals surface area contributed by atoms with E-state index in [2.05, 4.69) is 0 Å². The summed E-state index contributed by atoms with van der Waals surface area (Å²) in [4.78, 5) is 0. The van der Waals surface area contributed by atoms with E-state index in [9.17, 15) is 5.11 Å². The molecule has 84 valence electrons. The Hall–Kier alpha value is -0.900. The number of ether oxygens (including phenoxy) is 1. The SMILES string of the molecule is CCC(C)(N)C(O)OCc1ccccc1. The lowest BCUT2D eigenvalue weighted by molar-refractivity contribution is -0.147. The third-order valence-electron chi connectivity index (χ3n) is 2.58. The van der Waals surface area contributed by atoms with Crippen molar-refractivity contribution < 1.29 is 9.84 Å². The maximum absolute atomic E-state index is 9.69. The fraction of sp³-hybridized carbons (Fsp3) is 0.500. The van der Waals surface area contributed by atoms with E-state index in [4.69, 9.17) is 10.5 Å². The van der Waals surface area contributed by atoms with Gasteiger partial charge in [0.05, 0.1) is 12.1 Å². The Kier molecular flexibility index (Phi) is 4.27. The Morgan fingerprint density at radius 3 is 2.53 bits per heavy atom. The minimum atomic E-state index is -0.928. The van der Waals surface area contributed by atoms with E-state index in [1.807, 2.05) is 37.3 Å². The number of hydrogen-bond acceptors (Lipinski definition) is 3. The smallest absolute Gasteiger partial charge is 0.172 e. The molecule has 0 aliphatic rings. The van der Waals surface area contributed by atoms with E-state index in [-0.39, 0.29) is 0 Å². The number of rotatable bonds is 5. The van der Waals surface area contributed by atoms with Gasteiger partial charge in [-0.2, -0.15) is 0 Å². The zero-order valence-electron chi connectivity index (χ0n) is 9.31. The van der Waals surface area contributed by atoms with Gasteiger partial charge >= 0.3 is 0 Å². The molecule has 0 saturated carbocycles. The van der Waals surface area contributed by atoms with Crippen LogP contribution in [0.3, 0.4) is 0 Å². The molecule has 15 heavy (non-hydrogen) atoms. The summed E-state index contributed by atoms with van der Waals surface area (Å²) in [6, 6.07) is 9.72.